The van der Waals surface area contributed by atoms with Crippen LogP contribution >= 0.6 is 58.8 Å². The molecule has 0 aliphatic heterocycles. The van der Waals surface area contributed by atoms with Crippen LogP contribution in [0.5, 0.6) is 0 Å². The first kappa shape index (κ1) is 91.4. The Bertz CT molecular complexity index is 2770. The van der Waals surface area contributed by atoms with Gasteiger partial charge in [0, 0.05) is 72.2 Å². The van der Waals surface area contributed by atoms with Crippen LogP contribution in [0.2, 0.25) is 15.1 Å². The molecule has 0 bridgehead atoms. The molecule has 0 heterocycles. The molecule has 1 N–H and O–H groups in total. The molecule has 3 aromatic carbocycles. The molecule has 3 amide bonds. The highest BCUT2D eigenvalue weighted by atomic mass is 35.5. The van der Waals surface area contributed by atoms with E-state index in [-0.39, 0.29) is 106 Å². The van der Waals surface area contributed by atoms with Gasteiger partial charge in [-0.15, -0.1) is 12.4 Å². The summed E-state index contributed by atoms with van der Waals surface area (Å²) in [5.74, 6) is -1.65. The minimum atomic E-state index is -1.18. The quantitative estimate of drug-likeness (QED) is 0.0403. The second-order valence-corrected chi connectivity index (χ2v) is 25.8. The van der Waals surface area contributed by atoms with Gasteiger partial charge < -0.3 is 28.8 Å². The van der Waals surface area contributed by atoms with Crippen LogP contribution in [-0.2, 0) is 69.1 Å². The number of hydrogen-bond donors (Lipinski definition) is 1. The number of esters is 2. The van der Waals surface area contributed by atoms with E-state index in [9.17, 15) is 43.2 Å². The summed E-state index contributed by atoms with van der Waals surface area (Å²) >= 11 is 24.5. The zero-order chi connectivity index (χ0) is 68.2. The molecule has 0 radical (unpaired) electrons. The molecule has 6 atom stereocenters. The number of Topliss-reactive ketones (excluding diaryl/α,β-unsaturated/α-hetero) is 3. The molecule has 3 aliphatic rings. The average Bonchev–Trinajstić information content (AvgIpc) is 0.772. The topological polar surface area (TPSA) is 230 Å². The van der Waals surface area contributed by atoms with Gasteiger partial charge in [-0.25, -0.2) is 14.4 Å². The van der Waals surface area contributed by atoms with E-state index in [1.807, 2.05) is 68.4 Å². The highest BCUT2D eigenvalue weighted by Crippen LogP contribution is 2.45. The fraction of sp³-hybridized carbons (Fsp3) is 0.625. The third-order valence-electron chi connectivity index (χ3n) is 17.5. The number of carboxylic acid groups (broad SMARTS) is 1. The Kier molecular flexibility index (Phi) is 43.3. The van der Waals surface area contributed by atoms with Gasteiger partial charge in [0.05, 0.1) is 17.8 Å². The molecular weight excluding hydrogens is 1320 g/mol. The number of alkyl halides is 1. The van der Waals surface area contributed by atoms with Gasteiger partial charge in [0.25, 0.3) is 0 Å². The van der Waals surface area contributed by atoms with E-state index >= 15 is 0 Å². The van der Waals surface area contributed by atoms with Crippen LogP contribution in [0.15, 0.2) is 72.8 Å². The summed E-state index contributed by atoms with van der Waals surface area (Å²) in [5, 5.41) is 10.0. The molecule has 0 spiro atoms. The van der Waals surface area contributed by atoms with Crippen LogP contribution in [-0.4, -0.2) is 114 Å². The van der Waals surface area contributed by atoms with Crippen molar-refractivity contribution in [1.29, 1.82) is 0 Å². The molecule has 6 rings (SSSR count). The number of amides is 3. The predicted molar refractivity (Wildman–Crippen MR) is 380 cm³/mol. The van der Waals surface area contributed by atoms with Gasteiger partial charge in [-0.05, 0) is 113 Å². The van der Waals surface area contributed by atoms with E-state index in [1.54, 1.807) is 73.8 Å². The number of hydrogen-bond acceptors (Lipinski definition) is 14. The molecule has 3 saturated carbocycles. The van der Waals surface area contributed by atoms with E-state index < -0.39 is 54.5 Å². The van der Waals surface area contributed by atoms with Crippen molar-refractivity contribution in [2.75, 3.05) is 40.8 Å². The molecule has 23 heteroatoms. The number of ether oxygens (including phenoxy) is 5. The molecular formula is C72H110Cl5N3O15. The van der Waals surface area contributed by atoms with Crippen LogP contribution in [0.4, 0.5) is 14.4 Å². The number of carbonyl (C=O) groups is 9. The second-order valence-electron chi connectivity index (χ2n) is 24.3. The minimum absolute atomic E-state index is 0. The molecule has 0 saturated heterocycles. The second kappa shape index (κ2) is 45.0. The van der Waals surface area contributed by atoms with Crippen molar-refractivity contribution in [3.63, 3.8) is 0 Å². The number of halogens is 5. The third kappa shape index (κ3) is 24.1. The molecule has 3 aliphatic carbocycles. The van der Waals surface area contributed by atoms with Crippen molar-refractivity contribution in [1.82, 2.24) is 14.7 Å². The zero-order valence-corrected chi connectivity index (χ0v) is 59.5. The number of benzene rings is 3. The molecule has 95 heavy (non-hydrogen) atoms. The van der Waals surface area contributed by atoms with E-state index in [0.717, 1.165) is 64.2 Å². The van der Waals surface area contributed by atoms with Crippen molar-refractivity contribution in [2.45, 2.75) is 217 Å². The van der Waals surface area contributed by atoms with Crippen molar-refractivity contribution < 1.29 is 71.9 Å². The van der Waals surface area contributed by atoms with Crippen LogP contribution in [0.1, 0.15) is 217 Å². The van der Waals surface area contributed by atoms with Crippen molar-refractivity contribution in [2.24, 2.45) is 35.5 Å². The van der Waals surface area contributed by atoms with Gasteiger partial charge in [-0.1, -0.05) is 205 Å². The Morgan fingerprint density at radius 2 is 0.716 bits per heavy atom. The number of rotatable bonds is 23. The normalized spacial score (nSPS) is 18.9. The van der Waals surface area contributed by atoms with Crippen molar-refractivity contribution in [3.8, 4) is 0 Å². The number of carboxylic acids is 1. The van der Waals surface area contributed by atoms with Crippen molar-refractivity contribution >= 4 is 112 Å². The summed E-state index contributed by atoms with van der Waals surface area (Å²) in [6, 6.07) is 21.0. The number of ketones is 3. The number of carbonyl (C=O) groups excluding carboxylic acids is 8. The Balaban J connectivity index is 0. The first-order valence-electron chi connectivity index (χ1n) is 31.8. The van der Waals surface area contributed by atoms with Gasteiger partial charge in [0.2, 0.25) is 13.6 Å². The van der Waals surface area contributed by atoms with Crippen LogP contribution in [0.3, 0.4) is 0 Å². The SMILES string of the molecule is C.C.C.CCC[C@H](C(=O)O)C(C)C.CCC[C@H](C(=O)OCOC(=O)N(C)[C@]1(c2ccccc2Cl)CCCCC1=O)C(C)C.CCC[C@H](C(=O)OCOC(=O)N(C)[C@]1(c2ccccc2Cl)CCCCC1=O)C(C)C.CN(C(=O)OCCl)[C@]1(c2ccccc2Cl)CCCCC1=O.Cl. The first-order valence-corrected chi connectivity index (χ1v) is 33.5. The number of nitrogens with zero attached hydrogens (tertiary/aromatic N) is 3. The van der Waals surface area contributed by atoms with Crippen LogP contribution in [0, 0.1) is 35.5 Å². The summed E-state index contributed by atoms with van der Waals surface area (Å²) in [6.45, 7) is 16.8. The Hall–Kier alpha value is -5.66. The summed E-state index contributed by atoms with van der Waals surface area (Å²) in [7, 11) is 4.62. The van der Waals surface area contributed by atoms with Gasteiger partial charge in [-0.2, -0.15) is 0 Å². The lowest BCUT2D eigenvalue weighted by molar-refractivity contribution is -0.161. The maximum absolute atomic E-state index is 13.0. The Morgan fingerprint density at radius 1 is 0.453 bits per heavy atom. The maximum Gasteiger partial charge on any atom is 0.413 e. The lowest BCUT2D eigenvalue weighted by atomic mass is 9.74. The molecule has 3 fully saturated rings. The highest BCUT2D eigenvalue weighted by Gasteiger charge is 2.51. The monoisotopic (exact) mass is 1430 g/mol. The van der Waals surface area contributed by atoms with Gasteiger partial charge in [0.1, 0.15) is 16.6 Å². The molecule has 0 aromatic heterocycles. The lowest BCUT2D eigenvalue weighted by Gasteiger charge is -2.43. The highest BCUT2D eigenvalue weighted by molar-refractivity contribution is 6.32. The van der Waals surface area contributed by atoms with Crippen molar-refractivity contribution in [3.05, 3.63) is 105 Å². The first-order chi connectivity index (χ1) is 43.1. The van der Waals surface area contributed by atoms with Crippen LogP contribution < -0.4 is 0 Å². The molecule has 538 valence electrons. The predicted octanol–water partition coefficient (Wildman–Crippen LogP) is 19.1. The number of aliphatic carboxylic acids is 1. The van der Waals surface area contributed by atoms with E-state index in [2.05, 4.69) is 0 Å². The number of likely N-dealkylation sites (N-methyl/N-ethyl adjacent to an activating group) is 3. The third-order valence-corrected chi connectivity index (χ3v) is 18.6. The minimum Gasteiger partial charge on any atom is -0.481 e. The van der Waals surface area contributed by atoms with Gasteiger partial charge in [-0.3, -0.25) is 43.5 Å². The molecule has 0 unspecified atom stereocenters. The Labute approximate surface area is 593 Å². The summed E-state index contributed by atoms with van der Waals surface area (Å²) < 4.78 is 25.7. The Morgan fingerprint density at radius 3 is 0.937 bits per heavy atom. The van der Waals surface area contributed by atoms with E-state index in [0.29, 0.717) is 83.1 Å². The van der Waals surface area contributed by atoms with E-state index in [1.165, 1.54) is 28.8 Å². The zero-order valence-electron chi connectivity index (χ0n) is 55.7. The summed E-state index contributed by atoms with van der Waals surface area (Å²) in [4.78, 5) is 116. The fourth-order valence-corrected chi connectivity index (χ4v) is 13.3. The lowest BCUT2D eigenvalue weighted by Crippen LogP contribution is -2.54. The average molecular weight is 1430 g/mol. The van der Waals surface area contributed by atoms with Crippen LogP contribution in [0.25, 0.3) is 0 Å². The van der Waals surface area contributed by atoms with E-state index in [4.69, 9.17) is 75.2 Å². The smallest absolute Gasteiger partial charge is 0.413 e. The van der Waals surface area contributed by atoms with Gasteiger partial charge >= 0.3 is 36.2 Å². The summed E-state index contributed by atoms with van der Waals surface area (Å²) in [6.07, 6.45) is 10.2. The molecule has 18 nitrogen and oxygen atoms in total. The summed E-state index contributed by atoms with van der Waals surface area (Å²) in [5.41, 5.74) is -1.60. The fourth-order valence-electron chi connectivity index (χ4n) is 12.3. The largest absolute Gasteiger partial charge is 0.481 e. The maximum atomic E-state index is 13.0. The standard InChI is InChI=1S/2C23H32ClNO5.C15H17Cl2NO3.C8H16O2.3CH4.ClH/c2*1-5-10-17(16(2)3)21(27)29-15-30-22(28)25(4)23(14-9-8-13-20(23)26)18-11-6-7-12-19(18)24;1-18(14(20)21-10-16)15(9-5-4-8-13(15)19)11-6-2-3-7-12(11)17;1-4-5-7(6(2)3)8(9)10;;;;/h2*6-7,11-12,16-17H,5,8-10,13-15H2,1-4H3;2-3,6-7H,4-5,8-10H2,1H3;6-7H,4-5H2,1-3H3,(H,9,10);3*1H4;1H/t2*17-,23-;15-;7-;;;;/m0000..../s1. The molecule has 3 aromatic rings. The van der Waals surface area contributed by atoms with Gasteiger partial charge in [0.15, 0.2) is 23.4 Å².